The van der Waals surface area contributed by atoms with E-state index in [0.717, 1.165) is 31.4 Å². The topological polar surface area (TPSA) is 110 Å². The lowest BCUT2D eigenvalue weighted by atomic mass is 9.96. The van der Waals surface area contributed by atoms with E-state index in [-0.39, 0.29) is 23.6 Å². The Hall–Kier alpha value is -2.15. The first-order valence-electron chi connectivity index (χ1n) is 6.95. The minimum atomic E-state index is -0.685. The summed E-state index contributed by atoms with van der Waals surface area (Å²) in [5, 5.41) is 20.3. The Morgan fingerprint density at radius 1 is 1.52 bits per heavy atom. The molecule has 1 aliphatic rings. The number of piperidine rings is 1. The van der Waals surface area contributed by atoms with Gasteiger partial charge in [0.2, 0.25) is 0 Å². The number of phenolic OH excluding ortho intramolecular Hbond substituents is 1. The van der Waals surface area contributed by atoms with Gasteiger partial charge in [-0.25, -0.2) is 0 Å². The van der Waals surface area contributed by atoms with Gasteiger partial charge in [-0.3, -0.25) is 14.9 Å². The summed E-state index contributed by atoms with van der Waals surface area (Å²) in [6.45, 7) is 2.48. The number of amides is 1. The van der Waals surface area contributed by atoms with Crippen molar-refractivity contribution < 1.29 is 14.8 Å². The van der Waals surface area contributed by atoms with Gasteiger partial charge in [-0.15, -0.1) is 0 Å². The molecular formula is C14H19N3O4. The number of nitrogens with two attached hydrogens (primary N) is 1. The number of phenols is 1. The molecule has 21 heavy (non-hydrogen) atoms. The highest BCUT2D eigenvalue weighted by molar-refractivity contribution is 5.95. The molecular weight excluding hydrogens is 274 g/mol. The zero-order valence-corrected chi connectivity index (χ0v) is 11.9. The van der Waals surface area contributed by atoms with E-state index in [0.29, 0.717) is 6.54 Å². The molecule has 0 spiro atoms. The number of likely N-dealkylation sites (tertiary alicyclic amines) is 1. The van der Waals surface area contributed by atoms with Crippen LogP contribution in [0.4, 0.5) is 5.69 Å². The van der Waals surface area contributed by atoms with Gasteiger partial charge in [0, 0.05) is 30.3 Å². The van der Waals surface area contributed by atoms with E-state index in [2.05, 4.69) is 0 Å². The number of rotatable bonds is 3. The fraction of sp³-hybridized carbons (Fsp3) is 0.500. The number of nitro benzene ring substituents is 1. The lowest BCUT2D eigenvalue weighted by molar-refractivity contribution is -0.385. The van der Waals surface area contributed by atoms with Crippen LogP contribution in [0, 0.1) is 10.1 Å². The van der Waals surface area contributed by atoms with Crippen molar-refractivity contribution in [2.24, 2.45) is 5.73 Å². The number of hydrogen-bond acceptors (Lipinski definition) is 5. The standard InChI is InChI=1S/C14H19N3O4/c1-9(15)11-4-2-3-7-16(11)14(19)10-5-6-12(17(20)21)13(18)8-10/h5-6,8-9,11,18H,2-4,7,15H2,1H3. The van der Waals surface area contributed by atoms with Crippen molar-refractivity contribution in [3.63, 3.8) is 0 Å². The van der Waals surface area contributed by atoms with Crippen LogP contribution >= 0.6 is 0 Å². The number of benzene rings is 1. The van der Waals surface area contributed by atoms with Crippen molar-refractivity contribution in [1.82, 2.24) is 4.90 Å². The molecule has 1 heterocycles. The van der Waals surface area contributed by atoms with Gasteiger partial charge in [-0.1, -0.05) is 0 Å². The zero-order valence-electron chi connectivity index (χ0n) is 11.9. The summed E-state index contributed by atoms with van der Waals surface area (Å²) in [4.78, 5) is 24.2. The first-order chi connectivity index (χ1) is 9.91. The van der Waals surface area contributed by atoms with Crippen LogP contribution in [-0.4, -0.2) is 39.5 Å². The quantitative estimate of drug-likeness (QED) is 0.650. The highest BCUT2D eigenvalue weighted by atomic mass is 16.6. The molecule has 3 N–H and O–H groups in total. The maximum Gasteiger partial charge on any atom is 0.310 e. The second-order valence-electron chi connectivity index (χ2n) is 5.38. The highest BCUT2D eigenvalue weighted by Gasteiger charge is 2.30. The van der Waals surface area contributed by atoms with Crippen LogP contribution in [0.15, 0.2) is 18.2 Å². The number of aromatic hydroxyl groups is 1. The average Bonchev–Trinajstić information content (AvgIpc) is 2.45. The van der Waals surface area contributed by atoms with E-state index in [4.69, 9.17) is 5.73 Å². The monoisotopic (exact) mass is 293 g/mol. The molecule has 2 rings (SSSR count). The number of hydrogen-bond donors (Lipinski definition) is 2. The molecule has 0 aliphatic carbocycles. The van der Waals surface area contributed by atoms with Crippen molar-refractivity contribution in [2.75, 3.05) is 6.54 Å². The van der Waals surface area contributed by atoms with Crippen LogP contribution in [-0.2, 0) is 0 Å². The molecule has 7 heteroatoms. The van der Waals surface area contributed by atoms with Crippen LogP contribution in [0.25, 0.3) is 0 Å². The van der Waals surface area contributed by atoms with Crippen LogP contribution < -0.4 is 5.73 Å². The van der Waals surface area contributed by atoms with E-state index >= 15 is 0 Å². The molecule has 0 radical (unpaired) electrons. The summed E-state index contributed by atoms with van der Waals surface area (Å²) in [5.74, 6) is -0.748. The number of nitro groups is 1. The number of nitrogens with zero attached hydrogens (tertiary/aromatic N) is 2. The largest absolute Gasteiger partial charge is 0.502 e. The predicted molar refractivity (Wildman–Crippen MR) is 77.1 cm³/mol. The smallest absolute Gasteiger partial charge is 0.310 e. The Kier molecular flexibility index (Phi) is 4.42. The summed E-state index contributed by atoms with van der Waals surface area (Å²) in [7, 11) is 0. The normalized spacial score (nSPS) is 20.1. The molecule has 1 amide bonds. The summed E-state index contributed by atoms with van der Waals surface area (Å²) < 4.78 is 0. The minimum absolute atomic E-state index is 0.0383. The van der Waals surface area contributed by atoms with E-state index in [1.807, 2.05) is 6.92 Å². The maximum atomic E-state index is 12.5. The van der Waals surface area contributed by atoms with Crippen LogP contribution in [0.2, 0.25) is 0 Å². The van der Waals surface area contributed by atoms with E-state index in [1.165, 1.54) is 6.07 Å². The Labute approximate surface area is 122 Å². The molecule has 7 nitrogen and oxygen atoms in total. The van der Waals surface area contributed by atoms with Crippen molar-refractivity contribution in [2.45, 2.75) is 38.3 Å². The fourth-order valence-corrected chi connectivity index (χ4v) is 2.73. The van der Waals surface area contributed by atoms with Crippen molar-refractivity contribution >= 4 is 11.6 Å². The third-order valence-electron chi connectivity index (χ3n) is 3.84. The van der Waals surface area contributed by atoms with Gasteiger partial charge in [0.05, 0.1) is 4.92 Å². The molecule has 1 aromatic carbocycles. The third-order valence-corrected chi connectivity index (χ3v) is 3.84. The van der Waals surface area contributed by atoms with Gasteiger partial charge >= 0.3 is 5.69 Å². The third kappa shape index (κ3) is 3.13. The Morgan fingerprint density at radius 2 is 2.24 bits per heavy atom. The Morgan fingerprint density at radius 3 is 2.81 bits per heavy atom. The molecule has 1 saturated heterocycles. The van der Waals surface area contributed by atoms with Crippen LogP contribution in [0.5, 0.6) is 5.75 Å². The van der Waals surface area contributed by atoms with E-state index in [9.17, 15) is 20.0 Å². The number of carbonyl (C=O) groups is 1. The molecule has 2 atom stereocenters. The molecule has 0 aromatic heterocycles. The Balaban J connectivity index is 2.26. The lowest BCUT2D eigenvalue weighted by Gasteiger charge is -2.38. The maximum absolute atomic E-state index is 12.5. The van der Waals surface area contributed by atoms with Gasteiger partial charge in [-0.2, -0.15) is 0 Å². The average molecular weight is 293 g/mol. The minimum Gasteiger partial charge on any atom is -0.502 e. The van der Waals surface area contributed by atoms with Crippen LogP contribution in [0.3, 0.4) is 0 Å². The van der Waals surface area contributed by atoms with Gasteiger partial charge in [0.25, 0.3) is 5.91 Å². The number of carbonyl (C=O) groups excluding carboxylic acids is 1. The van der Waals surface area contributed by atoms with Crippen molar-refractivity contribution in [3.8, 4) is 5.75 Å². The van der Waals surface area contributed by atoms with Crippen molar-refractivity contribution in [3.05, 3.63) is 33.9 Å². The molecule has 0 bridgehead atoms. The van der Waals surface area contributed by atoms with E-state index < -0.39 is 16.4 Å². The second kappa shape index (κ2) is 6.09. The summed E-state index contributed by atoms with van der Waals surface area (Å²) >= 11 is 0. The van der Waals surface area contributed by atoms with Gasteiger partial charge in [0.15, 0.2) is 5.75 Å². The first-order valence-corrected chi connectivity index (χ1v) is 6.95. The van der Waals surface area contributed by atoms with Crippen molar-refractivity contribution in [1.29, 1.82) is 0 Å². The fourth-order valence-electron chi connectivity index (χ4n) is 2.73. The second-order valence-corrected chi connectivity index (χ2v) is 5.38. The van der Waals surface area contributed by atoms with Gasteiger partial charge in [-0.05, 0) is 38.3 Å². The van der Waals surface area contributed by atoms with E-state index in [1.54, 1.807) is 4.90 Å². The summed E-state index contributed by atoms with van der Waals surface area (Å²) in [6.07, 6.45) is 2.79. The van der Waals surface area contributed by atoms with Gasteiger partial charge in [0.1, 0.15) is 0 Å². The highest BCUT2D eigenvalue weighted by Crippen LogP contribution is 2.28. The summed E-state index contributed by atoms with van der Waals surface area (Å²) in [6, 6.07) is 3.48. The zero-order chi connectivity index (χ0) is 15.6. The molecule has 1 aliphatic heterocycles. The summed E-state index contributed by atoms with van der Waals surface area (Å²) in [5.41, 5.74) is 5.77. The first kappa shape index (κ1) is 15.2. The molecule has 2 unspecified atom stereocenters. The molecule has 1 fully saturated rings. The molecule has 0 saturated carbocycles. The lowest BCUT2D eigenvalue weighted by Crippen LogP contribution is -2.51. The van der Waals surface area contributed by atoms with Crippen LogP contribution in [0.1, 0.15) is 36.5 Å². The molecule has 114 valence electrons. The van der Waals surface area contributed by atoms with Gasteiger partial charge < -0.3 is 15.7 Å². The SMILES string of the molecule is CC(N)C1CCCCN1C(=O)c1ccc([N+](=O)[O-])c(O)c1. The molecule has 1 aromatic rings. The predicted octanol–water partition coefficient (Wildman–Crippen LogP) is 1.64. The Bertz CT molecular complexity index is 559.